The third kappa shape index (κ3) is 8.09. The van der Waals surface area contributed by atoms with Crippen molar-refractivity contribution in [1.82, 2.24) is 10.2 Å². The topological polar surface area (TPSA) is 86.8 Å². The standard InChI is InChI=1S/C27H39N3O4S/c1-9-23(26(32)28-27(5,6)7)29(17-22-12-10-11-19(2)16-22)25(31)18-30(35(8,33)34)24-14-13-20(3)15-21(24)4/h10-16,23H,9,17-18H2,1-8H3,(H,28,32). The maximum absolute atomic E-state index is 13.8. The molecule has 192 valence electrons. The van der Waals surface area contributed by atoms with Crippen LogP contribution in [0.5, 0.6) is 0 Å². The Bertz CT molecular complexity index is 1170. The van der Waals surface area contributed by atoms with E-state index in [2.05, 4.69) is 5.32 Å². The highest BCUT2D eigenvalue weighted by Crippen LogP contribution is 2.24. The number of sulfonamides is 1. The Morgan fingerprint density at radius 1 is 1.00 bits per heavy atom. The van der Waals surface area contributed by atoms with Crippen LogP contribution >= 0.6 is 0 Å². The molecular weight excluding hydrogens is 462 g/mol. The van der Waals surface area contributed by atoms with Gasteiger partial charge >= 0.3 is 0 Å². The monoisotopic (exact) mass is 501 g/mol. The third-order valence-electron chi connectivity index (χ3n) is 5.62. The fraction of sp³-hybridized carbons (Fsp3) is 0.481. The van der Waals surface area contributed by atoms with Gasteiger partial charge in [-0.3, -0.25) is 13.9 Å². The second-order valence-corrected chi connectivity index (χ2v) is 12.1. The highest BCUT2D eigenvalue weighted by molar-refractivity contribution is 7.92. The van der Waals surface area contributed by atoms with Gasteiger partial charge in [-0.2, -0.15) is 0 Å². The number of anilines is 1. The molecule has 0 bridgehead atoms. The SMILES string of the molecule is CCC(C(=O)NC(C)(C)C)N(Cc1cccc(C)c1)C(=O)CN(c1ccc(C)cc1C)S(C)(=O)=O. The largest absolute Gasteiger partial charge is 0.350 e. The molecule has 0 aromatic heterocycles. The van der Waals surface area contributed by atoms with Crippen LogP contribution in [0.1, 0.15) is 56.4 Å². The Labute approximate surface area is 210 Å². The van der Waals surface area contributed by atoms with Gasteiger partial charge in [-0.15, -0.1) is 0 Å². The van der Waals surface area contributed by atoms with E-state index >= 15 is 0 Å². The molecule has 0 spiro atoms. The van der Waals surface area contributed by atoms with Crippen molar-refractivity contribution in [2.24, 2.45) is 0 Å². The quantitative estimate of drug-likeness (QED) is 0.560. The summed E-state index contributed by atoms with van der Waals surface area (Å²) in [5.41, 5.74) is 3.64. The van der Waals surface area contributed by atoms with Crippen LogP contribution in [0.15, 0.2) is 42.5 Å². The molecule has 8 heteroatoms. The molecular formula is C27H39N3O4S. The van der Waals surface area contributed by atoms with E-state index in [0.29, 0.717) is 12.1 Å². The van der Waals surface area contributed by atoms with Gasteiger partial charge < -0.3 is 10.2 Å². The zero-order chi connectivity index (χ0) is 26.6. The van der Waals surface area contributed by atoms with Gasteiger partial charge in [0.15, 0.2) is 0 Å². The Morgan fingerprint density at radius 3 is 2.14 bits per heavy atom. The maximum Gasteiger partial charge on any atom is 0.244 e. The highest BCUT2D eigenvalue weighted by Gasteiger charge is 2.33. The molecule has 0 fully saturated rings. The van der Waals surface area contributed by atoms with Gasteiger partial charge in [-0.05, 0) is 65.2 Å². The molecule has 2 aromatic rings. The summed E-state index contributed by atoms with van der Waals surface area (Å²) in [6, 6.07) is 12.4. The van der Waals surface area contributed by atoms with E-state index < -0.39 is 34.1 Å². The first kappa shape index (κ1) is 28.4. The summed E-state index contributed by atoms with van der Waals surface area (Å²) >= 11 is 0. The Hall–Kier alpha value is -2.87. The Morgan fingerprint density at radius 2 is 1.63 bits per heavy atom. The number of carbonyl (C=O) groups is 2. The Kier molecular flexibility index (Phi) is 9.11. The van der Waals surface area contributed by atoms with E-state index in [4.69, 9.17) is 0 Å². The molecule has 35 heavy (non-hydrogen) atoms. The summed E-state index contributed by atoms with van der Waals surface area (Å²) in [6.45, 7) is 13.0. The van der Waals surface area contributed by atoms with Gasteiger partial charge in [-0.25, -0.2) is 8.42 Å². The fourth-order valence-electron chi connectivity index (χ4n) is 4.06. The fourth-order valence-corrected chi connectivity index (χ4v) is 4.97. The molecule has 2 amide bonds. The molecule has 1 unspecified atom stereocenters. The lowest BCUT2D eigenvalue weighted by atomic mass is 10.0. The van der Waals surface area contributed by atoms with Crippen LogP contribution in [0, 0.1) is 20.8 Å². The predicted molar refractivity (Wildman–Crippen MR) is 142 cm³/mol. The molecule has 0 heterocycles. The number of amides is 2. The lowest BCUT2D eigenvalue weighted by Crippen LogP contribution is -2.55. The van der Waals surface area contributed by atoms with Crippen LogP contribution in [0.25, 0.3) is 0 Å². The molecule has 1 atom stereocenters. The number of nitrogens with one attached hydrogen (secondary N) is 1. The average Bonchev–Trinajstić information content (AvgIpc) is 2.70. The smallest absolute Gasteiger partial charge is 0.244 e. The molecule has 0 radical (unpaired) electrons. The summed E-state index contributed by atoms with van der Waals surface area (Å²) in [5.74, 6) is -0.703. The van der Waals surface area contributed by atoms with Crippen molar-refractivity contribution in [3.63, 3.8) is 0 Å². The van der Waals surface area contributed by atoms with Crippen LogP contribution in [0.4, 0.5) is 5.69 Å². The van der Waals surface area contributed by atoms with Crippen LogP contribution in [-0.2, 0) is 26.2 Å². The molecule has 7 nitrogen and oxygen atoms in total. The minimum atomic E-state index is -3.76. The van der Waals surface area contributed by atoms with Crippen LogP contribution in [0.2, 0.25) is 0 Å². The van der Waals surface area contributed by atoms with Crippen LogP contribution < -0.4 is 9.62 Å². The lowest BCUT2D eigenvalue weighted by molar-refractivity contribution is -0.141. The Balaban J connectivity index is 2.49. The number of carbonyl (C=O) groups excluding carboxylic acids is 2. The summed E-state index contributed by atoms with van der Waals surface area (Å²) in [4.78, 5) is 28.4. The minimum absolute atomic E-state index is 0.196. The van der Waals surface area contributed by atoms with E-state index in [9.17, 15) is 18.0 Å². The van der Waals surface area contributed by atoms with E-state index in [-0.39, 0.29) is 12.5 Å². The molecule has 1 N–H and O–H groups in total. The number of aryl methyl sites for hydroxylation is 3. The number of benzene rings is 2. The molecule has 0 saturated heterocycles. The van der Waals surface area contributed by atoms with Gasteiger partial charge in [0.05, 0.1) is 11.9 Å². The summed E-state index contributed by atoms with van der Waals surface area (Å²) in [6.07, 6.45) is 1.48. The first-order chi connectivity index (χ1) is 16.1. The van der Waals surface area contributed by atoms with Crippen molar-refractivity contribution >= 4 is 27.5 Å². The van der Waals surface area contributed by atoms with Gasteiger partial charge in [0.25, 0.3) is 0 Å². The van der Waals surface area contributed by atoms with Crippen molar-refractivity contribution in [2.75, 3.05) is 17.1 Å². The normalized spacial score (nSPS) is 12.7. The average molecular weight is 502 g/mol. The van der Waals surface area contributed by atoms with E-state index in [1.54, 1.807) is 6.07 Å². The van der Waals surface area contributed by atoms with Crippen molar-refractivity contribution < 1.29 is 18.0 Å². The van der Waals surface area contributed by atoms with E-state index in [1.807, 2.05) is 84.9 Å². The molecule has 2 rings (SSSR count). The predicted octanol–water partition coefficient (Wildman–Crippen LogP) is 4.10. The molecule has 0 aliphatic carbocycles. The third-order valence-corrected chi connectivity index (χ3v) is 6.75. The van der Waals surface area contributed by atoms with Crippen molar-refractivity contribution in [3.05, 3.63) is 64.7 Å². The van der Waals surface area contributed by atoms with E-state index in [0.717, 1.165) is 32.8 Å². The molecule has 2 aromatic carbocycles. The summed E-state index contributed by atoms with van der Waals surface area (Å²) in [7, 11) is -3.76. The maximum atomic E-state index is 13.8. The summed E-state index contributed by atoms with van der Waals surface area (Å²) < 4.78 is 26.7. The van der Waals surface area contributed by atoms with Crippen molar-refractivity contribution in [1.29, 1.82) is 0 Å². The molecule has 0 aliphatic rings. The minimum Gasteiger partial charge on any atom is -0.350 e. The van der Waals surface area contributed by atoms with Gasteiger partial charge in [0.2, 0.25) is 21.8 Å². The van der Waals surface area contributed by atoms with Gasteiger partial charge in [0, 0.05) is 12.1 Å². The summed E-state index contributed by atoms with van der Waals surface area (Å²) in [5, 5.41) is 2.97. The zero-order valence-corrected chi connectivity index (χ0v) is 23.0. The van der Waals surface area contributed by atoms with Crippen LogP contribution in [-0.4, -0.2) is 49.5 Å². The second-order valence-electron chi connectivity index (χ2n) is 10.2. The number of nitrogens with zero attached hydrogens (tertiary/aromatic N) is 2. The molecule has 0 aliphatic heterocycles. The number of hydrogen-bond acceptors (Lipinski definition) is 4. The highest BCUT2D eigenvalue weighted by atomic mass is 32.2. The first-order valence-electron chi connectivity index (χ1n) is 11.8. The molecule has 0 saturated carbocycles. The van der Waals surface area contributed by atoms with Crippen molar-refractivity contribution in [3.8, 4) is 0 Å². The second kappa shape index (κ2) is 11.2. The van der Waals surface area contributed by atoms with Gasteiger partial charge in [-0.1, -0.05) is 54.4 Å². The lowest BCUT2D eigenvalue weighted by Gasteiger charge is -2.34. The van der Waals surface area contributed by atoms with Crippen molar-refractivity contribution in [2.45, 2.75) is 73.0 Å². The number of hydrogen-bond donors (Lipinski definition) is 1. The zero-order valence-electron chi connectivity index (χ0n) is 22.2. The van der Waals surface area contributed by atoms with Crippen LogP contribution in [0.3, 0.4) is 0 Å². The van der Waals surface area contributed by atoms with Gasteiger partial charge in [0.1, 0.15) is 12.6 Å². The first-order valence-corrected chi connectivity index (χ1v) is 13.7. The van der Waals surface area contributed by atoms with E-state index in [1.165, 1.54) is 4.90 Å². The number of rotatable bonds is 9.